The summed E-state index contributed by atoms with van der Waals surface area (Å²) in [4.78, 5) is 47.8. The van der Waals surface area contributed by atoms with Crippen LogP contribution in [0, 0.1) is 0 Å². The van der Waals surface area contributed by atoms with Gasteiger partial charge in [-0.25, -0.2) is 19.2 Å². The Hall–Kier alpha value is -3.40. The number of hydrogen-bond acceptors (Lipinski definition) is 8. The molecule has 1 aromatic carbocycles. The SMILES string of the molecule is COC(=O)C1=C(C(=O)OC)N(c2ccc(C(=O)O)c(C(=O)O)c2)COC1. The quantitative estimate of drug-likeness (QED) is 0.708. The van der Waals surface area contributed by atoms with E-state index in [0.717, 1.165) is 26.4 Å². The van der Waals surface area contributed by atoms with Crippen molar-refractivity contribution in [2.75, 3.05) is 32.5 Å². The Balaban J connectivity index is 2.63. The van der Waals surface area contributed by atoms with Gasteiger partial charge in [-0.3, -0.25) is 0 Å². The summed E-state index contributed by atoms with van der Waals surface area (Å²) in [6.07, 6.45) is 0. The Morgan fingerprint density at radius 2 is 1.62 bits per heavy atom. The molecule has 0 saturated carbocycles. The van der Waals surface area contributed by atoms with Crippen LogP contribution in [0.25, 0.3) is 0 Å². The molecule has 1 aliphatic rings. The second-order valence-electron chi connectivity index (χ2n) is 5.06. The minimum absolute atomic E-state index is 0.107. The number of methoxy groups -OCH3 is 2. The number of ether oxygens (including phenoxy) is 3. The van der Waals surface area contributed by atoms with Gasteiger partial charge in [-0.1, -0.05) is 0 Å². The van der Waals surface area contributed by atoms with Gasteiger partial charge in [0.25, 0.3) is 0 Å². The molecule has 0 aromatic heterocycles. The first-order valence-electron chi connectivity index (χ1n) is 7.17. The average molecular weight is 365 g/mol. The predicted molar refractivity (Wildman–Crippen MR) is 84.7 cm³/mol. The summed E-state index contributed by atoms with van der Waals surface area (Å²) in [6, 6.07) is 3.45. The Morgan fingerprint density at radius 1 is 1.00 bits per heavy atom. The minimum atomic E-state index is -1.46. The number of nitrogens with zero attached hydrogens (tertiary/aromatic N) is 1. The molecule has 1 heterocycles. The Labute approximate surface area is 147 Å². The molecular weight excluding hydrogens is 350 g/mol. The third-order valence-corrected chi connectivity index (χ3v) is 3.61. The number of aromatic carboxylic acids is 2. The van der Waals surface area contributed by atoms with Crippen molar-refractivity contribution < 1.29 is 43.6 Å². The van der Waals surface area contributed by atoms with E-state index in [1.165, 1.54) is 11.0 Å². The molecule has 1 aromatic rings. The summed E-state index contributed by atoms with van der Waals surface area (Å²) in [5.74, 6) is -4.54. The average Bonchev–Trinajstić information content (AvgIpc) is 2.65. The number of carboxylic acid groups (broad SMARTS) is 2. The van der Waals surface area contributed by atoms with Crippen LogP contribution in [0.2, 0.25) is 0 Å². The van der Waals surface area contributed by atoms with Gasteiger partial charge in [-0.2, -0.15) is 0 Å². The molecule has 0 unspecified atom stereocenters. The second-order valence-corrected chi connectivity index (χ2v) is 5.06. The summed E-state index contributed by atoms with van der Waals surface area (Å²) in [5, 5.41) is 18.3. The molecule has 0 radical (unpaired) electrons. The molecule has 2 N–H and O–H groups in total. The number of anilines is 1. The lowest BCUT2D eigenvalue weighted by Crippen LogP contribution is -2.39. The van der Waals surface area contributed by atoms with Crippen molar-refractivity contribution in [1.29, 1.82) is 0 Å². The Kier molecular flexibility index (Phi) is 5.58. The van der Waals surface area contributed by atoms with Crippen LogP contribution >= 0.6 is 0 Å². The molecule has 10 nitrogen and oxygen atoms in total. The number of rotatable bonds is 5. The highest BCUT2D eigenvalue weighted by Gasteiger charge is 2.33. The van der Waals surface area contributed by atoms with Crippen LogP contribution in [0.4, 0.5) is 5.69 Å². The zero-order valence-corrected chi connectivity index (χ0v) is 13.8. The summed E-state index contributed by atoms with van der Waals surface area (Å²) in [5.41, 5.74) is -1.05. The first-order chi connectivity index (χ1) is 12.3. The van der Waals surface area contributed by atoms with Gasteiger partial charge in [-0.15, -0.1) is 0 Å². The van der Waals surface area contributed by atoms with Crippen LogP contribution in [0.15, 0.2) is 29.5 Å². The Bertz CT molecular complexity index is 812. The number of carboxylic acids is 2. The summed E-state index contributed by atoms with van der Waals surface area (Å²) in [7, 11) is 2.25. The van der Waals surface area contributed by atoms with E-state index in [2.05, 4.69) is 4.74 Å². The van der Waals surface area contributed by atoms with Crippen LogP contribution in [0.5, 0.6) is 0 Å². The lowest BCUT2D eigenvalue weighted by atomic mass is 10.0. The largest absolute Gasteiger partial charge is 0.478 e. The van der Waals surface area contributed by atoms with Crippen molar-refractivity contribution in [2.45, 2.75) is 0 Å². The van der Waals surface area contributed by atoms with Gasteiger partial charge >= 0.3 is 23.9 Å². The predicted octanol–water partition coefficient (Wildman–Crippen LogP) is 0.477. The lowest BCUT2D eigenvalue weighted by Gasteiger charge is -2.31. The number of benzene rings is 1. The molecule has 0 fully saturated rings. The monoisotopic (exact) mass is 365 g/mol. The highest BCUT2D eigenvalue weighted by Crippen LogP contribution is 2.28. The van der Waals surface area contributed by atoms with Gasteiger partial charge < -0.3 is 29.3 Å². The van der Waals surface area contributed by atoms with Crippen molar-refractivity contribution in [3.63, 3.8) is 0 Å². The number of carbonyl (C=O) groups excluding carboxylic acids is 2. The van der Waals surface area contributed by atoms with Gasteiger partial charge in [-0.05, 0) is 18.2 Å². The van der Waals surface area contributed by atoms with Crippen molar-refractivity contribution >= 4 is 29.6 Å². The smallest absolute Gasteiger partial charge is 0.355 e. The fourth-order valence-electron chi connectivity index (χ4n) is 2.41. The lowest BCUT2D eigenvalue weighted by molar-refractivity contribution is -0.140. The highest BCUT2D eigenvalue weighted by atomic mass is 16.5. The highest BCUT2D eigenvalue weighted by molar-refractivity contribution is 6.05. The van der Waals surface area contributed by atoms with Crippen LogP contribution in [0.1, 0.15) is 20.7 Å². The summed E-state index contributed by atoms with van der Waals surface area (Å²) >= 11 is 0. The van der Waals surface area contributed by atoms with Crippen LogP contribution in [-0.4, -0.2) is 61.6 Å². The molecule has 26 heavy (non-hydrogen) atoms. The first-order valence-corrected chi connectivity index (χ1v) is 7.17. The maximum atomic E-state index is 12.2. The van der Waals surface area contributed by atoms with Gasteiger partial charge in [0.1, 0.15) is 12.4 Å². The zero-order chi connectivity index (χ0) is 19.4. The van der Waals surface area contributed by atoms with Gasteiger partial charge in [0.15, 0.2) is 0 Å². The topological polar surface area (TPSA) is 140 Å². The fourth-order valence-corrected chi connectivity index (χ4v) is 2.41. The third kappa shape index (κ3) is 3.49. The molecule has 2 rings (SSSR count). The van der Waals surface area contributed by atoms with Crippen LogP contribution in [-0.2, 0) is 23.8 Å². The van der Waals surface area contributed by atoms with Crippen molar-refractivity contribution in [2.24, 2.45) is 0 Å². The molecule has 0 amide bonds. The molecule has 0 saturated heterocycles. The van der Waals surface area contributed by atoms with E-state index in [0.29, 0.717) is 0 Å². The molecule has 0 bridgehead atoms. The minimum Gasteiger partial charge on any atom is -0.478 e. The van der Waals surface area contributed by atoms with E-state index in [9.17, 15) is 24.3 Å². The number of carbonyl (C=O) groups is 4. The van der Waals surface area contributed by atoms with E-state index in [1.807, 2.05) is 0 Å². The van der Waals surface area contributed by atoms with Gasteiger partial charge in [0.05, 0.1) is 37.5 Å². The maximum Gasteiger partial charge on any atom is 0.355 e. The molecular formula is C16H15NO9. The van der Waals surface area contributed by atoms with Gasteiger partial charge in [0, 0.05) is 5.69 Å². The van der Waals surface area contributed by atoms with E-state index in [-0.39, 0.29) is 30.3 Å². The van der Waals surface area contributed by atoms with E-state index >= 15 is 0 Å². The maximum absolute atomic E-state index is 12.2. The van der Waals surface area contributed by atoms with Gasteiger partial charge in [0.2, 0.25) is 0 Å². The fraction of sp³-hybridized carbons (Fsp3) is 0.250. The van der Waals surface area contributed by atoms with Crippen LogP contribution in [0.3, 0.4) is 0 Å². The zero-order valence-electron chi connectivity index (χ0n) is 13.8. The molecule has 0 atom stereocenters. The second kappa shape index (κ2) is 7.66. The van der Waals surface area contributed by atoms with E-state index in [4.69, 9.17) is 14.6 Å². The number of hydrogen-bond donors (Lipinski definition) is 2. The summed E-state index contributed by atoms with van der Waals surface area (Å²) < 4.78 is 14.6. The van der Waals surface area contributed by atoms with Crippen molar-refractivity contribution in [1.82, 2.24) is 0 Å². The van der Waals surface area contributed by atoms with Crippen LogP contribution < -0.4 is 4.90 Å². The molecule has 0 spiro atoms. The Morgan fingerprint density at radius 3 is 2.15 bits per heavy atom. The molecule has 138 valence electrons. The molecule has 1 aliphatic heterocycles. The molecule has 0 aliphatic carbocycles. The molecule has 10 heteroatoms. The standard InChI is InChI=1S/C16H15NO9/c1-24-15(22)11-6-26-7-17(12(11)16(23)25-2)8-3-4-9(13(18)19)10(5-8)14(20)21/h3-5H,6-7H2,1-2H3,(H,18,19)(H,20,21). The van der Waals surface area contributed by atoms with E-state index < -0.39 is 35.0 Å². The third-order valence-electron chi connectivity index (χ3n) is 3.61. The van der Waals surface area contributed by atoms with Crippen molar-refractivity contribution in [3.05, 3.63) is 40.6 Å². The van der Waals surface area contributed by atoms with E-state index in [1.54, 1.807) is 0 Å². The number of esters is 2. The summed E-state index contributed by atoms with van der Waals surface area (Å²) in [6.45, 7) is -0.386. The normalized spacial score (nSPS) is 14.0. The first kappa shape index (κ1) is 18.9. The van der Waals surface area contributed by atoms with Crippen molar-refractivity contribution in [3.8, 4) is 0 Å².